The van der Waals surface area contributed by atoms with Crippen LogP contribution in [-0.4, -0.2) is 24.1 Å². The Morgan fingerprint density at radius 1 is 1.47 bits per heavy atom. The van der Waals surface area contributed by atoms with Crippen LogP contribution in [0.4, 0.5) is 20.2 Å². The van der Waals surface area contributed by atoms with Crippen molar-refractivity contribution >= 4 is 11.4 Å². The van der Waals surface area contributed by atoms with Gasteiger partial charge in [-0.25, -0.2) is 8.78 Å². The van der Waals surface area contributed by atoms with Gasteiger partial charge >= 0.3 is 0 Å². The summed E-state index contributed by atoms with van der Waals surface area (Å²) in [4.78, 5) is 9.92. The third-order valence-electron chi connectivity index (χ3n) is 2.64. The average Bonchev–Trinajstić information content (AvgIpc) is 2.74. The molecule has 7 heteroatoms. The summed E-state index contributed by atoms with van der Waals surface area (Å²) in [7, 11) is 0. The van der Waals surface area contributed by atoms with Gasteiger partial charge in [-0.2, -0.15) is 0 Å². The highest BCUT2D eigenvalue weighted by Gasteiger charge is 2.24. The lowest BCUT2D eigenvalue weighted by atomic mass is 10.2. The Labute approximate surface area is 96.0 Å². The van der Waals surface area contributed by atoms with Crippen LogP contribution in [0.1, 0.15) is 6.42 Å². The maximum absolute atomic E-state index is 13.5. The number of nitrogens with zero attached hydrogens (tertiary/aromatic N) is 1. The van der Waals surface area contributed by atoms with Gasteiger partial charge < -0.3 is 10.6 Å². The highest BCUT2D eigenvalue weighted by Crippen LogP contribution is 2.29. The van der Waals surface area contributed by atoms with Crippen molar-refractivity contribution in [2.45, 2.75) is 12.5 Å². The first kappa shape index (κ1) is 11.7. The number of hydrogen-bond acceptors (Lipinski definition) is 4. The zero-order chi connectivity index (χ0) is 12.4. The van der Waals surface area contributed by atoms with Crippen LogP contribution in [0.15, 0.2) is 12.1 Å². The van der Waals surface area contributed by atoms with Crippen LogP contribution in [0, 0.1) is 21.7 Å². The Morgan fingerprint density at radius 3 is 2.82 bits per heavy atom. The maximum atomic E-state index is 13.5. The van der Waals surface area contributed by atoms with E-state index in [9.17, 15) is 18.9 Å². The van der Waals surface area contributed by atoms with Gasteiger partial charge in [-0.3, -0.25) is 10.1 Å². The fourth-order valence-corrected chi connectivity index (χ4v) is 1.83. The minimum absolute atomic E-state index is 0.0753. The van der Waals surface area contributed by atoms with Gasteiger partial charge in [0.05, 0.1) is 11.0 Å². The highest BCUT2D eigenvalue weighted by atomic mass is 19.1. The molecule has 2 N–H and O–H groups in total. The van der Waals surface area contributed by atoms with E-state index in [1.165, 1.54) is 0 Å². The summed E-state index contributed by atoms with van der Waals surface area (Å²) in [6, 6.07) is 1.28. The van der Waals surface area contributed by atoms with Crippen LogP contribution < -0.4 is 10.6 Å². The number of halogens is 2. The van der Waals surface area contributed by atoms with Crippen molar-refractivity contribution in [2.24, 2.45) is 0 Å². The molecule has 0 aromatic heterocycles. The summed E-state index contributed by atoms with van der Waals surface area (Å²) in [5.41, 5.74) is -0.820. The molecule has 1 atom stereocenters. The molecule has 1 saturated heterocycles. The number of nitro benzene ring substituents is 1. The molecule has 17 heavy (non-hydrogen) atoms. The summed E-state index contributed by atoms with van der Waals surface area (Å²) >= 11 is 0. The number of rotatable bonds is 3. The third kappa shape index (κ3) is 2.50. The Balaban J connectivity index is 2.33. The number of anilines is 1. The van der Waals surface area contributed by atoms with E-state index in [4.69, 9.17) is 0 Å². The number of hydrogen-bond donors (Lipinski definition) is 2. The third-order valence-corrected chi connectivity index (χ3v) is 2.64. The molecule has 1 heterocycles. The summed E-state index contributed by atoms with van der Waals surface area (Å²) in [6.07, 6.45) is 0.744. The lowest BCUT2D eigenvalue weighted by molar-refractivity contribution is -0.384. The molecule has 2 rings (SSSR count). The van der Waals surface area contributed by atoms with Crippen LogP contribution in [0.25, 0.3) is 0 Å². The first-order valence-corrected chi connectivity index (χ1v) is 5.18. The van der Waals surface area contributed by atoms with Crippen molar-refractivity contribution in [2.75, 3.05) is 18.4 Å². The number of nitro groups is 1. The summed E-state index contributed by atoms with van der Waals surface area (Å²) in [5, 5.41) is 16.5. The lowest BCUT2D eigenvalue weighted by Gasteiger charge is -2.13. The molecule has 5 nitrogen and oxygen atoms in total. The zero-order valence-corrected chi connectivity index (χ0v) is 8.87. The molecule has 0 radical (unpaired) electrons. The zero-order valence-electron chi connectivity index (χ0n) is 8.87. The standard InChI is InChI=1S/C10H11F2N3O2/c11-6-3-8(12)10(9(4-6)15(16)17)14-7-1-2-13-5-7/h3-4,7,13-14H,1-2,5H2. The summed E-state index contributed by atoms with van der Waals surface area (Å²) in [5.74, 6) is -1.90. The van der Waals surface area contributed by atoms with Crippen LogP contribution in [0.5, 0.6) is 0 Å². The Hall–Kier alpha value is -1.76. The van der Waals surface area contributed by atoms with E-state index in [1.54, 1.807) is 0 Å². The second-order valence-corrected chi connectivity index (χ2v) is 3.87. The van der Waals surface area contributed by atoms with Gasteiger partial charge in [0.15, 0.2) is 5.82 Å². The van der Waals surface area contributed by atoms with E-state index in [0.29, 0.717) is 18.7 Å². The molecule has 0 saturated carbocycles. The first-order chi connectivity index (χ1) is 8.08. The van der Waals surface area contributed by atoms with Crippen LogP contribution >= 0.6 is 0 Å². The van der Waals surface area contributed by atoms with Gasteiger partial charge in [0, 0.05) is 18.7 Å². The Kier molecular flexibility index (Phi) is 3.19. The molecular formula is C10H11F2N3O2. The Morgan fingerprint density at radius 2 is 2.24 bits per heavy atom. The van der Waals surface area contributed by atoms with Gasteiger partial charge in [-0.15, -0.1) is 0 Å². The molecule has 1 fully saturated rings. The van der Waals surface area contributed by atoms with Crippen molar-refractivity contribution in [3.63, 3.8) is 0 Å². The smallest absolute Gasteiger partial charge is 0.298 e. The highest BCUT2D eigenvalue weighted by molar-refractivity contribution is 5.63. The van der Waals surface area contributed by atoms with E-state index in [2.05, 4.69) is 10.6 Å². The van der Waals surface area contributed by atoms with Crippen LogP contribution in [0.3, 0.4) is 0 Å². The van der Waals surface area contributed by atoms with Crippen molar-refractivity contribution in [3.05, 3.63) is 33.9 Å². The van der Waals surface area contributed by atoms with Crippen molar-refractivity contribution in [1.82, 2.24) is 5.32 Å². The molecule has 1 aliphatic heterocycles. The van der Waals surface area contributed by atoms with Crippen molar-refractivity contribution in [3.8, 4) is 0 Å². The molecule has 1 unspecified atom stereocenters. The quantitative estimate of drug-likeness (QED) is 0.625. The van der Waals surface area contributed by atoms with E-state index in [1.807, 2.05) is 0 Å². The molecule has 0 aliphatic carbocycles. The van der Waals surface area contributed by atoms with Crippen molar-refractivity contribution < 1.29 is 13.7 Å². The molecule has 1 aromatic carbocycles. The van der Waals surface area contributed by atoms with E-state index in [0.717, 1.165) is 13.0 Å². The largest absolute Gasteiger partial charge is 0.373 e. The maximum Gasteiger partial charge on any atom is 0.298 e. The fourth-order valence-electron chi connectivity index (χ4n) is 1.83. The predicted octanol–water partition coefficient (Wildman–Crippen LogP) is 1.65. The molecule has 92 valence electrons. The minimum atomic E-state index is -0.954. The van der Waals surface area contributed by atoms with E-state index < -0.39 is 22.2 Å². The minimum Gasteiger partial charge on any atom is -0.373 e. The fraction of sp³-hybridized carbons (Fsp3) is 0.400. The molecule has 0 amide bonds. The van der Waals surface area contributed by atoms with Gasteiger partial charge in [0.1, 0.15) is 11.5 Å². The molecular weight excluding hydrogens is 232 g/mol. The van der Waals surface area contributed by atoms with Crippen LogP contribution in [0.2, 0.25) is 0 Å². The summed E-state index contributed by atoms with van der Waals surface area (Å²) in [6.45, 7) is 1.38. The monoisotopic (exact) mass is 243 g/mol. The molecule has 1 aromatic rings. The van der Waals surface area contributed by atoms with Gasteiger partial charge in [-0.05, 0) is 13.0 Å². The van der Waals surface area contributed by atoms with E-state index in [-0.39, 0.29) is 11.7 Å². The van der Waals surface area contributed by atoms with Crippen LogP contribution in [-0.2, 0) is 0 Å². The second-order valence-electron chi connectivity index (χ2n) is 3.87. The second kappa shape index (κ2) is 4.62. The normalized spacial score (nSPS) is 19.3. The topological polar surface area (TPSA) is 67.2 Å². The molecule has 0 bridgehead atoms. The van der Waals surface area contributed by atoms with E-state index >= 15 is 0 Å². The lowest BCUT2D eigenvalue weighted by Crippen LogP contribution is -2.23. The van der Waals surface area contributed by atoms with Gasteiger partial charge in [0.2, 0.25) is 0 Å². The number of nitrogens with one attached hydrogen (secondary N) is 2. The predicted molar refractivity (Wildman–Crippen MR) is 57.9 cm³/mol. The van der Waals surface area contributed by atoms with Gasteiger partial charge in [-0.1, -0.05) is 0 Å². The average molecular weight is 243 g/mol. The van der Waals surface area contributed by atoms with Gasteiger partial charge in [0.25, 0.3) is 5.69 Å². The number of benzene rings is 1. The Bertz CT molecular complexity index is 447. The van der Waals surface area contributed by atoms with Crippen molar-refractivity contribution in [1.29, 1.82) is 0 Å². The first-order valence-electron chi connectivity index (χ1n) is 5.18. The molecule has 1 aliphatic rings. The SMILES string of the molecule is O=[N+]([O-])c1cc(F)cc(F)c1NC1CCNC1. The summed E-state index contributed by atoms with van der Waals surface area (Å²) < 4.78 is 26.4. The molecule has 0 spiro atoms.